The Morgan fingerprint density at radius 1 is 1.67 bits per heavy atom. The van der Waals surface area contributed by atoms with Gasteiger partial charge in [-0.1, -0.05) is 0 Å². The standard InChI is InChI=1S/C6H6F3NO2/c7-6(8,9)3-1-4(5(11)12)10-2-3/h1,4,10H,2H2,(H,11,12). The number of hydrogen-bond donors (Lipinski definition) is 2. The van der Waals surface area contributed by atoms with E-state index in [-0.39, 0.29) is 0 Å². The topological polar surface area (TPSA) is 49.3 Å². The highest BCUT2D eigenvalue weighted by Gasteiger charge is 2.38. The number of aliphatic carboxylic acids is 1. The van der Waals surface area contributed by atoms with Crippen LogP contribution < -0.4 is 5.32 Å². The van der Waals surface area contributed by atoms with Gasteiger partial charge in [-0.2, -0.15) is 13.2 Å². The van der Waals surface area contributed by atoms with Gasteiger partial charge in [-0.05, 0) is 6.08 Å². The molecular weight excluding hydrogens is 175 g/mol. The maximum atomic E-state index is 11.9. The number of nitrogens with one attached hydrogen (secondary N) is 1. The molecule has 6 heteroatoms. The average molecular weight is 181 g/mol. The number of halogens is 3. The summed E-state index contributed by atoms with van der Waals surface area (Å²) in [4.78, 5) is 10.2. The Morgan fingerprint density at radius 3 is 2.50 bits per heavy atom. The van der Waals surface area contributed by atoms with Crippen LogP contribution in [0.1, 0.15) is 0 Å². The van der Waals surface area contributed by atoms with Crippen molar-refractivity contribution in [1.29, 1.82) is 0 Å². The molecule has 2 N–H and O–H groups in total. The molecule has 0 spiro atoms. The molecule has 0 aliphatic carbocycles. The maximum Gasteiger partial charge on any atom is 0.413 e. The molecule has 3 nitrogen and oxygen atoms in total. The van der Waals surface area contributed by atoms with Crippen molar-refractivity contribution in [2.24, 2.45) is 0 Å². The van der Waals surface area contributed by atoms with Gasteiger partial charge in [0.25, 0.3) is 0 Å². The van der Waals surface area contributed by atoms with Gasteiger partial charge in [0.05, 0.1) is 0 Å². The van der Waals surface area contributed by atoms with Crippen molar-refractivity contribution in [2.75, 3.05) is 6.54 Å². The number of carboxylic acid groups (broad SMARTS) is 1. The molecule has 0 bridgehead atoms. The van der Waals surface area contributed by atoms with Crippen molar-refractivity contribution in [2.45, 2.75) is 12.2 Å². The predicted molar refractivity (Wildman–Crippen MR) is 33.6 cm³/mol. The average Bonchev–Trinajstić information content (AvgIpc) is 2.30. The summed E-state index contributed by atoms with van der Waals surface area (Å²) in [6.07, 6.45) is -3.74. The molecular formula is C6H6F3NO2. The quantitative estimate of drug-likeness (QED) is 0.580. The minimum Gasteiger partial charge on any atom is -0.480 e. The molecule has 12 heavy (non-hydrogen) atoms. The lowest BCUT2D eigenvalue weighted by Gasteiger charge is -2.04. The molecule has 1 atom stereocenters. The summed E-state index contributed by atoms with van der Waals surface area (Å²) < 4.78 is 35.7. The van der Waals surface area contributed by atoms with Crippen LogP contribution in [0.2, 0.25) is 0 Å². The molecule has 1 unspecified atom stereocenters. The first kappa shape index (κ1) is 9.05. The summed E-state index contributed by atoms with van der Waals surface area (Å²) in [7, 11) is 0. The lowest BCUT2D eigenvalue weighted by molar-refractivity contribution is -0.137. The third-order valence-electron chi connectivity index (χ3n) is 1.51. The van der Waals surface area contributed by atoms with E-state index in [1.165, 1.54) is 0 Å². The van der Waals surface area contributed by atoms with Gasteiger partial charge in [0.1, 0.15) is 6.04 Å². The van der Waals surface area contributed by atoms with E-state index < -0.39 is 30.3 Å². The second kappa shape index (κ2) is 2.78. The Labute approximate surface area is 65.9 Å². The van der Waals surface area contributed by atoms with E-state index in [9.17, 15) is 18.0 Å². The zero-order chi connectivity index (χ0) is 9.35. The van der Waals surface area contributed by atoms with E-state index in [2.05, 4.69) is 5.32 Å². The lowest BCUT2D eigenvalue weighted by Crippen LogP contribution is -2.30. The third kappa shape index (κ3) is 1.76. The largest absolute Gasteiger partial charge is 0.480 e. The first-order valence-electron chi connectivity index (χ1n) is 3.15. The van der Waals surface area contributed by atoms with E-state index >= 15 is 0 Å². The highest BCUT2D eigenvalue weighted by atomic mass is 19.4. The van der Waals surface area contributed by atoms with Crippen LogP contribution in [0.25, 0.3) is 0 Å². The van der Waals surface area contributed by atoms with Gasteiger partial charge in [-0.3, -0.25) is 10.1 Å². The van der Waals surface area contributed by atoms with Gasteiger partial charge in [0.15, 0.2) is 0 Å². The summed E-state index contributed by atoms with van der Waals surface area (Å²) in [6, 6.07) is -1.21. The van der Waals surface area contributed by atoms with Crippen LogP contribution >= 0.6 is 0 Å². The second-order valence-corrected chi connectivity index (χ2v) is 2.39. The Morgan fingerprint density at radius 2 is 2.25 bits per heavy atom. The van der Waals surface area contributed by atoms with Crippen LogP contribution in [0.4, 0.5) is 13.2 Å². The number of rotatable bonds is 1. The predicted octanol–water partition coefficient (Wildman–Crippen LogP) is 0.531. The fourth-order valence-corrected chi connectivity index (χ4v) is 0.892. The second-order valence-electron chi connectivity index (χ2n) is 2.39. The molecule has 1 heterocycles. The first-order valence-corrected chi connectivity index (χ1v) is 3.15. The SMILES string of the molecule is O=C(O)C1C=C(C(F)(F)F)CN1. The minimum atomic E-state index is -4.42. The van der Waals surface area contributed by atoms with E-state index in [1.54, 1.807) is 0 Å². The van der Waals surface area contributed by atoms with Gasteiger partial charge >= 0.3 is 12.1 Å². The lowest BCUT2D eigenvalue weighted by atomic mass is 10.2. The van der Waals surface area contributed by atoms with Gasteiger partial charge in [0, 0.05) is 12.1 Å². The monoisotopic (exact) mass is 181 g/mol. The number of carbonyl (C=O) groups is 1. The minimum absolute atomic E-state index is 0.430. The molecule has 0 amide bonds. The van der Waals surface area contributed by atoms with Gasteiger partial charge in [-0.25, -0.2) is 0 Å². The van der Waals surface area contributed by atoms with E-state index in [0.717, 1.165) is 0 Å². The molecule has 0 fully saturated rings. The van der Waals surface area contributed by atoms with Crippen molar-refractivity contribution in [3.63, 3.8) is 0 Å². The summed E-state index contributed by atoms with van der Waals surface area (Å²) in [5.41, 5.74) is -0.824. The van der Waals surface area contributed by atoms with Crippen molar-refractivity contribution < 1.29 is 23.1 Å². The van der Waals surface area contributed by atoms with Gasteiger partial charge < -0.3 is 5.11 Å². The third-order valence-corrected chi connectivity index (χ3v) is 1.51. The summed E-state index contributed by atoms with van der Waals surface area (Å²) >= 11 is 0. The zero-order valence-corrected chi connectivity index (χ0v) is 5.85. The van der Waals surface area contributed by atoms with E-state index in [4.69, 9.17) is 5.11 Å². The molecule has 0 radical (unpaired) electrons. The Balaban J connectivity index is 2.73. The molecule has 0 saturated carbocycles. The van der Waals surface area contributed by atoms with Crippen LogP contribution in [0.5, 0.6) is 0 Å². The molecule has 1 aliphatic rings. The van der Waals surface area contributed by atoms with Gasteiger partial charge in [-0.15, -0.1) is 0 Å². The molecule has 1 aliphatic heterocycles. The van der Waals surface area contributed by atoms with Crippen molar-refractivity contribution >= 4 is 5.97 Å². The highest BCUT2D eigenvalue weighted by Crippen LogP contribution is 2.27. The van der Waals surface area contributed by atoms with Crippen molar-refractivity contribution in [1.82, 2.24) is 5.32 Å². The summed E-state index contributed by atoms with van der Waals surface area (Å²) in [5.74, 6) is -1.30. The summed E-state index contributed by atoms with van der Waals surface area (Å²) in [6.45, 7) is -0.430. The van der Waals surface area contributed by atoms with Crippen molar-refractivity contribution in [3.8, 4) is 0 Å². The molecule has 0 aromatic heterocycles. The number of hydrogen-bond acceptors (Lipinski definition) is 2. The Hall–Kier alpha value is -1.04. The highest BCUT2D eigenvalue weighted by molar-refractivity contribution is 5.77. The number of alkyl halides is 3. The molecule has 0 aromatic carbocycles. The van der Waals surface area contributed by atoms with Crippen LogP contribution in [0, 0.1) is 0 Å². The molecule has 1 rings (SSSR count). The van der Waals surface area contributed by atoms with E-state index in [0.29, 0.717) is 6.08 Å². The Bertz CT molecular complexity index is 233. The first-order chi connectivity index (χ1) is 5.41. The van der Waals surface area contributed by atoms with Crippen LogP contribution in [-0.4, -0.2) is 29.8 Å². The van der Waals surface area contributed by atoms with Crippen molar-refractivity contribution in [3.05, 3.63) is 11.6 Å². The zero-order valence-electron chi connectivity index (χ0n) is 5.85. The molecule has 0 saturated heterocycles. The van der Waals surface area contributed by atoms with Crippen LogP contribution in [0.3, 0.4) is 0 Å². The molecule has 0 aromatic rings. The van der Waals surface area contributed by atoms with Gasteiger partial charge in [0.2, 0.25) is 0 Å². The maximum absolute atomic E-state index is 11.9. The number of carboxylic acids is 1. The van der Waals surface area contributed by atoms with Crippen LogP contribution in [-0.2, 0) is 4.79 Å². The summed E-state index contributed by atoms with van der Waals surface area (Å²) in [5, 5.41) is 10.5. The normalized spacial score (nSPS) is 23.9. The van der Waals surface area contributed by atoms with E-state index in [1.807, 2.05) is 0 Å². The fourth-order valence-electron chi connectivity index (χ4n) is 0.892. The smallest absolute Gasteiger partial charge is 0.413 e. The fraction of sp³-hybridized carbons (Fsp3) is 0.500. The van der Waals surface area contributed by atoms with Crippen LogP contribution in [0.15, 0.2) is 11.6 Å². The Kier molecular flexibility index (Phi) is 2.10. The molecule has 68 valence electrons.